The number of piperidine rings is 1. The number of rotatable bonds is 6. The van der Waals surface area contributed by atoms with E-state index in [1.165, 1.54) is 18.0 Å². The second-order valence-electron chi connectivity index (χ2n) is 9.30. The van der Waals surface area contributed by atoms with Gasteiger partial charge in [-0.25, -0.2) is 9.97 Å². The molecule has 194 valence electrons. The van der Waals surface area contributed by atoms with Gasteiger partial charge in [0.05, 0.1) is 33.8 Å². The van der Waals surface area contributed by atoms with Crippen molar-refractivity contribution in [3.8, 4) is 0 Å². The van der Waals surface area contributed by atoms with E-state index >= 15 is 0 Å². The molecule has 0 atom stereocenters. The van der Waals surface area contributed by atoms with Crippen molar-refractivity contribution in [3.63, 3.8) is 0 Å². The largest absolute Gasteiger partial charge is 0.392 e. The van der Waals surface area contributed by atoms with Crippen molar-refractivity contribution in [1.29, 1.82) is 0 Å². The molecular weight excluding hydrogens is 531 g/mol. The summed E-state index contributed by atoms with van der Waals surface area (Å²) in [7, 11) is 4.25. The monoisotopic (exact) mass is 558 g/mol. The molecule has 3 heterocycles. The Morgan fingerprint density at radius 3 is 2.57 bits per heavy atom. The van der Waals surface area contributed by atoms with E-state index in [4.69, 9.17) is 23.2 Å². The number of aliphatic hydroxyl groups is 1. The number of hydrogen-bond acceptors (Lipinski definition) is 8. The van der Waals surface area contributed by atoms with E-state index in [1.54, 1.807) is 23.1 Å². The normalized spacial score (nSPS) is 16.3. The molecule has 0 spiro atoms. The number of amides is 1. The molecule has 0 radical (unpaired) electrons. The SMILES string of the molecule is CN(C)C1CCN(c2ccc(Nc3ncc4c(n3)SCN(c3c(Cl)cccc3Cl)C4=O)cc2CO)CC1. The van der Waals surface area contributed by atoms with Crippen molar-refractivity contribution >= 4 is 63.9 Å². The van der Waals surface area contributed by atoms with Gasteiger partial charge in [0.1, 0.15) is 5.03 Å². The van der Waals surface area contributed by atoms with E-state index in [1.807, 2.05) is 18.2 Å². The average Bonchev–Trinajstić information content (AvgIpc) is 2.90. The summed E-state index contributed by atoms with van der Waals surface area (Å²) in [6.45, 7) is 1.85. The fourth-order valence-electron chi connectivity index (χ4n) is 4.78. The van der Waals surface area contributed by atoms with E-state index in [-0.39, 0.29) is 12.5 Å². The molecule has 2 N–H and O–H groups in total. The van der Waals surface area contributed by atoms with Crippen molar-refractivity contribution in [2.75, 3.05) is 48.2 Å². The minimum atomic E-state index is -0.250. The summed E-state index contributed by atoms with van der Waals surface area (Å²) in [5.41, 5.74) is 3.55. The van der Waals surface area contributed by atoms with Crippen LogP contribution in [0, 0.1) is 0 Å². The molecular formula is C26H28Cl2N6O2S. The van der Waals surface area contributed by atoms with Crippen LogP contribution in [0.15, 0.2) is 47.6 Å². The number of aliphatic hydroxyl groups excluding tert-OH is 1. The Balaban J connectivity index is 1.32. The maximum Gasteiger partial charge on any atom is 0.263 e. The summed E-state index contributed by atoms with van der Waals surface area (Å²) in [6.07, 6.45) is 3.71. The van der Waals surface area contributed by atoms with Crippen molar-refractivity contribution < 1.29 is 9.90 Å². The van der Waals surface area contributed by atoms with Gasteiger partial charge in [-0.15, -0.1) is 0 Å². The lowest BCUT2D eigenvalue weighted by molar-refractivity contribution is 0.0985. The first kappa shape index (κ1) is 26.1. The number of nitrogens with zero attached hydrogens (tertiary/aromatic N) is 5. The van der Waals surface area contributed by atoms with Crippen LogP contribution in [0.4, 0.5) is 23.0 Å². The van der Waals surface area contributed by atoms with Crippen molar-refractivity contribution in [3.05, 3.63) is 63.8 Å². The predicted octanol–water partition coefficient (Wildman–Crippen LogP) is 5.26. The molecule has 5 rings (SSSR count). The van der Waals surface area contributed by atoms with E-state index in [9.17, 15) is 9.90 Å². The Morgan fingerprint density at radius 1 is 1.16 bits per heavy atom. The first-order valence-electron chi connectivity index (χ1n) is 12.0. The Labute approximate surface area is 230 Å². The molecule has 37 heavy (non-hydrogen) atoms. The minimum absolute atomic E-state index is 0.0612. The quantitative estimate of drug-likeness (QED) is 0.396. The van der Waals surface area contributed by atoms with Crippen LogP contribution in [0.2, 0.25) is 10.0 Å². The van der Waals surface area contributed by atoms with Crippen LogP contribution in [-0.4, -0.2) is 65.0 Å². The topological polar surface area (TPSA) is 84.8 Å². The molecule has 3 aromatic rings. The molecule has 11 heteroatoms. The minimum Gasteiger partial charge on any atom is -0.392 e. The molecule has 0 aliphatic carbocycles. The smallest absolute Gasteiger partial charge is 0.263 e. The van der Waals surface area contributed by atoms with Gasteiger partial charge in [0, 0.05) is 42.3 Å². The highest BCUT2D eigenvalue weighted by Crippen LogP contribution is 2.39. The second-order valence-corrected chi connectivity index (χ2v) is 11.0. The van der Waals surface area contributed by atoms with Gasteiger partial charge in [0.25, 0.3) is 5.91 Å². The Bertz CT molecular complexity index is 1300. The Kier molecular flexibility index (Phi) is 7.78. The third kappa shape index (κ3) is 5.37. The lowest BCUT2D eigenvalue weighted by Crippen LogP contribution is -2.42. The number of anilines is 4. The number of halogens is 2. The lowest BCUT2D eigenvalue weighted by atomic mass is 10.0. The number of aromatic nitrogens is 2. The van der Waals surface area contributed by atoms with Gasteiger partial charge in [0.15, 0.2) is 0 Å². The number of thioether (sulfide) groups is 1. The average molecular weight is 560 g/mol. The van der Waals surface area contributed by atoms with Crippen LogP contribution in [0.3, 0.4) is 0 Å². The van der Waals surface area contributed by atoms with E-state index in [2.05, 4.69) is 39.2 Å². The zero-order valence-electron chi connectivity index (χ0n) is 20.6. The van der Waals surface area contributed by atoms with Gasteiger partial charge in [-0.3, -0.25) is 9.69 Å². The molecule has 1 aromatic heterocycles. The molecule has 1 fully saturated rings. The van der Waals surface area contributed by atoms with Gasteiger partial charge in [0.2, 0.25) is 5.95 Å². The van der Waals surface area contributed by atoms with Gasteiger partial charge < -0.3 is 20.2 Å². The van der Waals surface area contributed by atoms with Crippen molar-refractivity contribution in [1.82, 2.24) is 14.9 Å². The number of para-hydroxylation sites is 1. The first-order valence-corrected chi connectivity index (χ1v) is 13.8. The molecule has 0 bridgehead atoms. The van der Waals surface area contributed by atoms with Gasteiger partial charge >= 0.3 is 0 Å². The van der Waals surface area contributed by atoms with Crippen molar-refractivity contribution in [2.45, 2.75) is 30.5 Å². The van der Waals surface area contributed by atoms with E-state index in [0.29, 0.717) is 44.2 Å². The van der Waals surface area contributed by atoms with Crippen LogP contribution in [0.25, 0.3) is 0 Å². The summed E-state index contributed by atoms with van der Waals surface area (Å²) in [4.78, 5) is 28.3. The molecule has 0 saturated carbocycles. The Hall–Kier alpha value is -2.56. The molecule has 8 nitrogen and oxygen atoms in total. The van der Waals surface area contributed by atoms with E-state index < -0.39 is 0 Å². The molecule has 1 amide bonds. The fraction of sp³-hybridized carbons (Fsp3) is 0.346. The summed E-state index contributed by atoms with van der Waals surface area (Å²) in [5, 5.41) is 14.7. The van der Waals surface area contributed by atoms with Crippen LogP contribution in [0.1, 0.15) is 28.8 Å². The fourth-order valence-corrected chi connectivity index (χ4v) is 6.32. The highest BCUT2D eigenvalue weighted by Gasteiger charge is 2.30. The van der Waals surface area contributed by atoms with Crippen LogP contribution < -0.4 is 15.1 Å². The lowest BCUT2D eigenvalue weighted by Gasteiger charge is -2.37. The van der Waals surface area contributed by atoms with Crippen LogP contribution >= 0.6 is 35.0 Å². The number of fused-ring (bicyclic) bond motifs is 1. The predicted molar refractivity (Wildman–Crippen MR) is 151 cm³/mol. The number of benzene rings is 2. The highest BCUT2D eigenvalue weighted by atomic mass is 35.5. The summed E-state index contributed by atoms with van der Waals surface area (Å²) in [5.74, 6) is 0.464. The van der Waals surface area contributed by atoms with Crippen LogP contribution in [-0.2, 0) is 6.61 Å². The summed E-state index contributed by atoms with van der Waals surface area (Å²) < 4.78 is 0. The summed E-state index contributed by atoms with van der Waals surface area (Å²) >= 11 is 14.1. The third-order valence-corrected chi connectivity index (χ3v) is 8.39. The molecule has 2 aliphatic rings. The molecule has 2 aromatic carbocycles. The highest BCUT2D eigenvalue weighted by molar-refractivity contribution is 7.99. The zero-order valence-corrected chi connectivity index (χ0v) is 22.9. The van der Waals surface area contributed by atoms with Gasteiger partial charge in [-0.1, -0.05) is 41.0 Å². The van der Waals surface area contributed by atoms with E-state index in [0.717, 1.165) is 42.9 Å². The van der Waals surface area contributed by atoms with Gasteiger partial charge in [-0.2, -0.15) is 0 Å². The first-order chi connectivity index (χ1) is 17.9. The number of hydrogen-bond donors (Lipinski definition) is 2. The standard InChI is InChI=1S/C26H28Cl2N6O2S/c1-32(2)18-8-10-33(11-9-18)22-7-6-17(12-16(22)14-35)30-26-29-13-19-24(31-26)37-15-34(25(19)36)23-20(27)4-3-5-21(23)28/h3-7,12-13,18,35H,8-11,14-15H2,1-2H3,(H,29,30,31). The third-order valence-electron chi connectivity index (χ3n) is 6.81. The molecule has 0 unspecified atom stereocenters. The molecule has 2 aliphatic heterocycles. The number of nitrogens with one attached hydrogen (secondary N) is 1. The Morgan fingerprint density at radius 2 is 1.89 bits per heavy atom. The molecule has 1 saturated heterocycles. The van der Waals surface area contributed by atoms with Gasteiger partial charge in [-0.05, 0) is 57.3 Å². The summed E-state index contributed by atoms with van der Waals surface area (Å²) in [6, 6.07) is 11.7. The van der Waals surface area contributed by atoms with Crippen LogP contribution in [0.5, 0.6) is 0 Å². The maximum absolute atomic E-state index is 13.2. The van der Waals surface area contributed by atoms with Crippen molar-refractivity contribution in [2.24, 2.45) is 0 Å². The zero-order chi connectivity index (χ0) is 26.1. The number of carbonyl (C=O) groups is 1. The number of carbonyl (C=O) groups excluding carboxylic acids is 1. The second kappa shape index (κ2) is 11.0. The maximum atomic E-state index is 13.2.